The first-order valence-corrected chi connectivity index (χ1v) is 8.03. The molecule has 1 aromatic carbocycles. The highest BCUT2D eigenvalue weighted by Crippen LogP contribution is 2.32. The minimum atomic E-state index is -4.44. The Morgan fingerprint density at radius 2 is 2.12 bits per heavy atom. The fraction of sp³-hybridized carbons (Fsp3) is 0.412. The second-order valence-corrected chi connectivity index (χ2v) is 5.73. The molecule has 0 radical (unpaired) electrons. The Balaban J connectivity index is 2.00. The van der Waals surface area contributed by atoms with E-state index in [2.05, 4.69) is 10.4 Å². The lowest BCUT2D eigenvalue weighted by Gasteiger charge is -2.17. The molecule has 8 heteroatoms. The molecule has 2 heterocycles. The highest BCUT2D eigenvalue weighted by atomic mass is 19.4. The zero-order valence-electron chi connectivity index (χ0n) is 13.7. The molecule has 0 unspecified atom stereocenters. The molecular weight excluding hydrogens is 335 g/mol. The van der Waals surface area contributed by atoms with Gasteiger partial charge in [0.05, 0.1) is 18.7 Å². The average Bonchev–Trinajstić information content (AvgIpc) is 2.94. The van der Waals surface area contributed by atoms with Crippen LogP contribution in [0.3, 0.4) is 0 Å². The molecule has 0 saturated carbocycles. The largest absolute Gasteiger partial charge is 0.461 e. The number of fused-ring (bicyclic) bond motifs is 1. The van der Waals surface area contributed by atoms with Gasteiger partial charge in [-0.1, -0.05) is 18.2 Å². The smallest absolute Gasteiger partial charge is 0.416 e. The molecule has 0 saturated heterocycles. The van der Waals surface area contributed by atoms with Crippen LogP contribution < -0.4 is 5.32 Å². The van der Waals surface area contributed by atoms with E-state index >= 15 is 0 Å². The Hall–Kier alpha value is -2.35. The number of rotatable bonds is 4. The first-order valence-electron chi connectivity index (χ1n) is 8.03. The van der Waals surface area contributed by atoms with E-state index in [-0.39, 0.29) is 24.4 Å². The number of carbonyl (C=O) groups excluding carboxylic acids is 1. The average molecular weight is 353 g/mol. The molecule has 2 aromatic rings. The van der Waals surface area contributed by atoms with Crippen molar-refractivity contribution in [2.45, 2.75) is 32.6 Å². The summed E-state index contributed by atoms with van der Waals surface area (Å²) in [5.41, 5.74) is 1.08. The Kier molecular flexibility index (Phi) is 4.80. The molecule has 3 rings (SSSR count). The molecule has 25 heavy (non-hydrogen) atoms. The number of esters is 1. The molecule has 0 amide bonds. The van der Waals surface area contributed by atoms with Crippen molar-refractivity contribution in [2.24, 2.45) is 0 Å². The fourth-order valence-corrected chi connectivity index (χ4v) is 3.01. The van der Waals surface area contributed by atoms with Crippen LogP contribution in [0, 0.1) is 0 Å². The van der Waals surface area contributed by atoms with Crippen LogP contribution in [0.4, 0.5) is 13.2 Å². The van der Waals surface area contributed by atoms with Crippen molar-refractivity contribution in [1.29, 1.82) is 0 Å². The summed E-state index contributed by atoms with van der Waals surface area (Å²) >= 11 is 0. The van der Waals surface area contributed by atoms with Gasteiger partial charge in [0.1, 0.15) is 0 Å². The van der Waals surface area contributed by atoms with Crippen molar-refractivity contribution in [3.8, 4) is 0 Å². The number of nitrogens with one attached hydrogen (secondary N) is 1. The van der Waals surface area contributed by atoms with Gasteiger partial charge >= 0.3 is 12.1 Å². The summed E-state index contributed by atoms with van der Waals surface area (Å²) in [5.74, 6) is -0.551. The summed E-state index contributed by atoms with van der Waals surface area (Å²) in [4.78, 5) is 12.1. The summed E-state index contributed by atoms with van der Waals surface area (Å²) in [7, 11) is 0. The van der Waals surface area contributed by atoms with E-state index in [1.165, 1.54) is 16.8 Å². The molecule has 0 bridgehead atoms. The van der Waals surface area contributed by atoms with Crippen LogP contribution in [-0.2, 0) is 30.4 Å². The first kappa shape index (κ1) is 17.5. The molecule has 1 aliphatic heterocycles. The third-order valence-corrected chi connectivity index (χ3v) is 4.12. The normalized spacial score (nSPS) is 14.2. The summed E-state index contributed by atoms with van der Waals surface area (Å²) in [6.45, 7) is 2.99. The number of hydrogen-bond acceptors (Lipinski definition) is 4. The second-order valence-electron chi connectivity index (χ2n) is 5.73. The molecule has 134 valence electrons. The van der Waals surface area contributed by atoms with Crippen molar-refractivity contribution < 1.29 is 22.7 Å². The number of halogens is 3. The fourth-order valence-electron chi connectivity index (χ4n) is 3.01. The van der Waals surface area contributed by atoms with Crippen LogP contribution in [0.5, 0.6) is 0 Å². The van der Waals surface area contributed by atoms with Gasteiger partial charge in [-0.3, -0.25) is 4.68 Å². The summed E-state index contributed by atoms with van der Waals surface area (Å²) in [6, 6.07) is 5.41. The lowest BCUT2D eigenvalue weighted by Crippen LogP contribution is -2.26. The zero-order chi connectivity index (χ0) is 18.0. The highest BCUT2D eigenvalue weighted by molar-refractivity contribution is 5.89. The molecule has 0 aliphatic carbocycles. The van der Waals surface area contributed by atoms with E-state index in [1.54, 1.807) is 13.0 Å². The quantitative estimate of drug-likeness (QED) is 0.859. The third-order valence-electron chi connectivity index (χ3n) is 4.12. The molecule has 1 aromatic heterocycles. The lowest BCUT2D eigenvalue weighted by atomic mass is 10.1. The number of hydrogen-bond donors (Lipinski definition) is 1. The van der Waals surface area contributed by atoms with Gasteiger partial charge in [0.2, 0.25) is 0 Å². The van der Waals surface area contributed by atoms with Crippen molar-refractivity contribution in [2.75, 3.05) is 13.2 Å². The molecular formula is C17H18F3N3O2. The highest BCUT2D eigenvalue weighted by Gasteiger charge is 2.33. The second kappa shape index (κ2) is 6.87. The van der Waals surface area contributed by atoms with Crippen molar-refractivity contribution in [3.05, 3.63) is 52.3 Å². The Labute approximate surface area is 142 Å². The Morgan fingerprint density at radius 1 is 1.36 bits per heavy atom. The van der Waals surface area contributed by atoms with Crippen LogP contribution in [0.25, 0.3) is 0 Å². The number of ether oxygens (including phenoxy) is 1. The van der Waals surface area contributed by atoms with Crippen LogP contribution in [0.15, 0.2) is 24.3 Å². The Bertz CT molecular complexity index is 784. The van der Waals surface area contributed by atoms with Crippen molar-refractivity contribution in [1.82, 2.24) is 15.1 Å². The number of alkyl halides is 3. The van der Waals surface area contributed by atoms with Crippen molar-refractivity contribution in [3.63, 3.8) is 0 Å². The van der Waals surface area contributed by atoms with Gasteiger partial charge in [0.15, 0.2) is 5.69 Å². The van der Waals surface area contributed by atoms with E-state index in [4.69, 9.17) is 4.74 Å². The summed E-state index contributed by atoms with van der Waals surface area (Å²) < 4.78 is 46.1. The van der Waals surface area contributed by atoms with Crippen LogP contribution in [0.2, 0.25) is 0 Å². The van der Waals surface area contributed by atoms with E-state index < -0.39 is 17.7 Å². The van der Waals surface area contributed by atoms with Gasteiger partial charge in [-0.2, -0.15) is 18.3 Å². The Morgan fingerprint density at radius 3 is 2.84 bits per heavy atom. The molecule has 0 spiro atoms. The molecule has 5 nitrogen and oxygen atoms in total. The van der Waals surface area contributed by atoms with Gasteiger partial charge in [-0.15, -0.1) is 0 Å². The molecule has 0 fully saturated rings. The van der Waals surface area contributed by atoms with Gasteiger partial charge in [-0.05, 0) is 18.6 Å². The number of nitrogens with zero attached hydrogens (tertiary/aromatic N) is 2. The predicted octanol–water partition coefficient (Wildman–Crippen LogP) is 2.77. The standard InChI is InChI=1S/C17H18F3N3O2/c1-2-25-16(24)15-12-9-21-8-7-14(12)23(22-15)10-11-5-3-4-6-13(11)17(18,19)20/h3-6,21H,2,7-10H2,1H3. The predicted molar refractivity (Wildman–Crippen MR) is 84.1 cm³/mol. The van der Waals surface area contributed by atoms with Gasteiger partial charge < -0.3 is 10.1 Å². The molecule has 1 N–H and O–H groups in total. The topological polar surface area (TPSA) is 56.1 Å². The minimum Gasteiger partial charge on any atom is -0.461 e. The van der Waals surface area contributed by atoms with Gasteiger partial charge in [0, 0.05) is 30.8 Å². The number of carbonyl (C=O) groups is 1. The van der Waals surface area contributed by atoms with Crippen LogP contribution in [0.1, 0.15) is 39.8 Å². The monoisotopic (exact) mass is 353 g/mol. The van der Waals surface area contributed by atoms with E-state index in [9.17, 15) is 18.0 Å². The molecule has 0 atom stereocenters. The van der Waals surface area contributed by atoms with Crippen LogP contribution in [-0.4, -0.2) is 28.9 Å². The lowest BCUT2D eigenvalue weighted by molar-refractivity contribution is -0.138. The SMILES string of the molecule is CCOC(=O)c1nn(Cc2ccccc2C(F)(F)F)c2c1CNCC2. The van der Waals surface area contributed by atoms with E-state index in [1.807, 2.05) is 0 Å². The first-order chi connectivity index (χ1) is 11.9. The van der Waals surface area contributed by atoms with Gasteiger partial charge in [0.25, 0.3) is 0 Å². The van der Waals surface area contributed by atoms with E-state index in [0.29, 0.717) is 25.1 Å². The van der Waals surface area contributed by atoms with E-state index in [0.717, 1.165) is 11.8 Å². The number of aromatic nitrogens is 2. The maximum Gasteiger partial charge on any atom is 0.416 e. The summed E-state index contributed by atoms with van der Waals surface area (Å²) in [6.07, 6.45) is -3.84. The number of benzene rings is 1. The summed E-state index contributed by atoms with van der Waals surface area (Å²) in [5, 5.41) is 7.41. The van der Waals surface area contributed by atoms with Crippen LogP contribution >= 0.6 is 0 Å². The van der Waals surface area contributed by atoms with Gasteiger partial charge in [-0.25, -0.2) is 4.79 Å². The third kappa shape index (κ3) is 3.53. The molecule has 1 aliphatic rings. The van der Waals surface area contributed by atoms with Crippen molar-refractivity contribution >= 4 is 5.97 Å². The maximum atomic E-state index is 13.2. The zero-order valence-corrected chi connectivity index (χ0v) is 13.7. The minimum absolute atomic E-state index is 0.0442. The maximum absolute atomic E-state index is 13.2.